The Labute approximate surface area is 137 Å². The summed E-state index contributed by atoms with van der Waals surface area (Å²) < 4.78 is 24.8. The Morgan fingerprint density at radius 3 is 2.13 bits per heavy atom. The lowest BCUT2D eigenvalue weighted by atomic mass is 10.1. The minimum absolute atomic E-state index is 0.114. The van der Waals surface area contributed by atoms with Crippen LogP contribution in [0.3, 0.4) is 0 Å². The third-order valence-electron chi connectivity index (χ3n) is 3.62. The summed E-state index contributed by atoms with van der Waals surface area (Å²) in [5.74, 6) is -0.114. The largest absolute Gasteiger partial charge is 0.311 e. The van der Waals surface area contributed by atoms with Gasteiger partial charge in [0.2, 0.25) is 10.0 Å². The second kappa shape index (κ2) is 6.42. The van der Waals surface area contributed by atoms with Crippen LogP contribution in [0.1, 0.15) is 21.5 Å². The van der Waals surface area contributed by atoms with Gasteiger partial charge in [-0.25, -0.2) is 8.42 Å². The van der Waals surface area contributed by atoms with Crippen molar-refractivity contribution in [2.75, 3.05) is 22.9 Å². The molecule has 5 nitrogen and oxygen atoms in total. The summed E-state index contributed by atoms with van der Waals surface area (Å²) in [6.45, 7) is 3.97. The van der Waals surface area contributed by atoms with Crippen molar-refractivity contribution in [3.8, 4) is 0 Å². The van der Waals surface area contributed by atoms with E-state index in [4.69, 9.17) is 0 Å². The minimum atomic E-state index is -3.31. The smallest absolute Gasteiger partial charge is 0.258 e. The number of nitrogens with zero attached hydrogens (tertiary/aromatic N) is 1. The number of carbonyl (C=O) groups excluding carboxylic acids is 1. The van der Waals surface area contributed by atoms with Gasteiger partial charge >= 0.3 is 0 Å². The maximum Gasteiger partial charge on any atom is 0.258 e. The van der Waals surface area contributed by atoms with Gasteiger partial charge in [0.15, 0.2) is 0 Å². The third-order valence-corrected chi connectivity index (χ3v) is 4.22. The summed E-state index contributed by atoms with van der Waals surface area (Å²) in [7, 11) is -1.62. The first-order chi connectivity index (χ1) is 10.7. The molecule has 0 saturated carbocycles. The quantitative estimate of drug-likeness (QED) is 0.936. The first-order valence-corrected chi connectivity index (χ1v) is 9.00. The van der Waals surface area contributed by atoms with Crippen molar-refractivity contribution in [2.45, 2.75) is 13.8 Å². The van der Waals surface area contributed by atoms with Gasteiger partial charge in [-0.15, -0.1) is 0 Å². The Bertz CT molecular complexity index is 827. The summed E-state index contributed by atoms with van der Waals surface area (Å²) in [6.07, 6.45) is 1.09. The second-order valence-corrected chi connectivity index (χ2v) is 7.33. The molecule has 0 spiro atoms. The summed E-state index contributed by atoms with van der Waals surface area (Å²) in [5, 5.41) is 0. The van der Waals surface area contributed by atoms with Crippen molar-refractivity contribution >= 4 is 27.3 Å². The number of hydrogen-bond donors (Lipinski definition) is 1. The molecule has 0 radical (unpaired) electrons. The normalized spacial score (nSPS) is 11.1. The van der Waals surface area contributed by atoms with E-state index in [-0.39, 0.29) is 5.91 Å². The fourth-order valence-corrected chi connectivity index (χ4v) is 2.72. The van der Waals surface area contributed by atoms with Crippen LogP contribution in [-0.4, -0.2) is 27.6 Å². The van der Waals surface area contributed by atoms with Crippen molar-refractivity contribution < 1.29 is 13.2 Å². The highest BCUT2D eigenvalue weighted by atomic mass is 32.2. The highest BCUT2D eigenvalue weighted by Gasteiger charge is 2.14. The number of sulfonamides is 1. The molecule has 0 bridgehead atoms. The van der Waals surface area contributed by atoms with Gasteiger partial charge in [-0.3, -0.25) is 9.52 Å². The summed E-state index contributed by atoms with van der Waals surface area (Å²) in [6, 6.07) is 12.3. The monoisotopic (exact) mass is 332 g/mol. The lowest BCUT2D eigenvalue weighted by molar-refractivity contribution is 0.0993. The standard InChI is InChI=1S/C17H20N2O3S/c1-12-5-6-14(11-13(12)2)17(20)19(3)16-9-7-15(8-10-16)18-23(4,21)22/h5-11,18H,1-4H3. The summed E-state index contributed by atoms with van der Waals surface area (Å²) >= 11 is 0. The number of rotatable bonds is 4. The van der Waals surface area contributed by atoms with Crippen molar-refractivity contribution in [3.63, 3.8) is 0 Å². The van der Waals surface area contributed by atoms with Gasteiger partial charge in [0.05, 0.1) is 6.26 Å². The summed E-state index contributed by atoms with van der Waals surface area (Å²) in [4.78, 5) is 14.1. The number of anilines is 2. The van der Waals surface area contributed by atoms with Crippen molar-refractivity contribution in [2.24, 2.45) is 0 Å². The number of amides is 1. The van der Waals surface area contributed by atoms with E-state index >= 15 is 0 Å². The Hall–Kier alpha value is -2.34. The zero-order valence-corrected chi connectivity index (χ0v) is 14.4. The van der Waals surface area contributed by atoms with Crippen molar-refractivity contribution in [1.82, 2.24) is 0 Å². The van der Waals surface area contributed by atoms with E-state index in [1.54, 1.807) is 37.4 Å². The van der Waals surface area contributed by atoms with E-state index in [0.717, 1.165) is 17.4 Å². The Balaban J connectivity index is 2.20. The Morgan fingerprint density at radius 1 is 1.00 bits per heavy atom. The zero-order chi connectivity index (χ0) is 17.2. The first kappa shape index (κ1) is 17.0. The van der Waals surface area contributed by atoms with Crippen LogP contribution in [0.4, 0.5) is 11.4 Å². The van der Waals surface area contributed by atoms with Gasteiger partial charge in [0, 0.05) is 24.0 Å². The van der Waals surface area contributed by atoms with E-state index in [9.17, 15) is 13.2 Å². The van der Waals surface area contributed by atoms with Crippen LogP contribution in [-0.2, 0) is 10.0 Å². The number of benzene rings is 2. The molecule has 2 aromatic rings. The molecule has 0 atom stereocenters. The van der Waals surface area contributed by atoms with Crippen LogP contribution in [0, 0.1) is 13.8 Å². The minimum Gasteiger partial charge on any atom is -0.311 e. The van der Waals surface area contributed by atoms with Crippen LogP contribution in [0.5, 0.6) is 0 Å². The molecule has 6 heteroatoms. The van der Waals surface area contributed by atoms with Crippen LogP contribution in [0.15, 0.2) is 42.5 Å². The van der Waals surface area contributed by atoms with Crippen LogP contribution in [0.2, 0.25) is 0 Å². The van der Waals surface area contributed by atoms with Gasteiger partial charge in [0.1, 0.15) is 0 Å². The van der Waals surface area contributed by atoms with E-state index in [1.807, 2.05) is 26.0 Å². The Morgan fingerprint density at radius 2 is 1.61 bits per heavy atom. The van der Waals surface area contributed by atoms with E-state index < -0.39 is 10.0 Å². The number of aryl methyl sites for hydroxylation is 2. The van der Waals surface area contributed by atoms with Gasteiger partial charge in [0.25, 0.3) is 5.91 Å². The molecular weight excluding hydrogens is 312 g/mol. The molecule has 1 amide bonds. The molecule has 0 aliphatic heterocycles. The SMILES string of the molecule is Cc1ccc(C(=O)N(C)c2ccc(NS(C)(=O)=O)cc2)cc1C. The average molecular weight is 332 g/mol. The van der Waals surface area contributed by atoms with E-state index in [0.29, 0.717) is 16.9 Å². The fourth-order valence-electron chi connectivity index (χ4n) is 2.15. The number of carbonyl (C=O) groups is 1. The fraction of sp³-hybridized carbons (Fsp3) is 0.235. The number of hydrogen-bond acceptors (Lipinski definition) is 3. The number of nitrogens with one attached hydrogen (secondary N) is 1. The van der Waals surface area contributed by atoms with Crippen LogP contribution < -0.4 is 9.62 Å². The molecule has 0 saturated heterocycles. The highest BCUT2D eigenvalue weighted by Crippen LogP contribution is 2.20. The predicted molar refractivity (Wildman–Crippen MR) is 93.6 cm³/mol. The molecule has 23 heavy (non-hydrogen) atoms. The van der Waals surface area contributed by atoms with Gasteiger partial charge < -0.3 is 4.90 Å². The first-order valence-electron chi connectivity index (χ1n) is 7.10. The maximum atomic E-state index is 12.5. The second-order valence-electron chi connectivity index (χ2n) is 5.58. The third kappa shape index (κ3) is 4.32. The topological polar surface area (TPSA) is 66.5 Å². The van der Waals surface area contributed by atoms with E-state index in [2.05, 4.69) is 4.72 Å². The van der Waals surface area contributed by atoms with E-state index in [1.165, 1.54) is 4.90 Å². The molecule has 2 rings (SSSR count). The lowest BCUT2D eigenvalue weighted by Crippen LogP contribution is -2.26. The Kier molecular flexibility index (Phi) is 4.75. The van der Waals surface area contributed by atoms with Crippen LogP contribution >= 0.6 is 0 Å². The summed E-state index contributed by atoms with van der Waals surface area (Å²) in [5.41, 5.74) is 3.97. The highest BCUT2D eigenvalue weighted by molar-refractivity contribution is 7.92. The molecule has 0 heterocycles. The zero-order valence-electron chi connectivity index (χ0n) is 13.6. The van der Waals surface area contributed by atoms with Gasteiger partial charge in [-0.2, -0.15) is 0 Å². The maximum absolute atomic E-state index is 12.5. The molecule has 0 fully saturated rings. The molecule has 122 valence electrons. The van der Waals surface area contributed by atoms with Crippen molar-refractivity contribution in [3.05, 3.63) is 59.2 Å². The molecule has 0 aliphatic rings. The van der Waals surface area contributed by atoms with Crippen molar-refractivity contribution in [1.29, 1.82) is 0 Å². The molecule has 1 N–H and O–H groups in total. The molecule has 0 aliphatic carbocycles. The average Bonchev–Trinajstić information content (AvgIpc) is 2.48. The lowest BCUT2D eigenvalue weighted by Gasteiger charge is -2.18. The molecular formula is C17H20N2O3S. The van der Waals surface area contributed by atoms with Crippen LogP contribution in [0.25, 0.3) is 0 Å². The molecule has 2 aromatic carbocycles. The predicted octanol–water partition coefficient (Wildman–Crippen LogP) is 2.95. The molecule has 0 aromatic heterocycles. The molecule has 0 unspecified atom stereocenters. The van der Waals surface area contributed by atoms with Gasteiger partial charge in [-0.1, -0.05) is 6.07 Å². The van der Waals surface area contributed by atoms with Gasteiger partial charge in [-0.05, 0) is 61.4 Å².